The van der Waals surface area contributed by atoms with Crippen molar-refractivity contribution < 1.29 is 14.2 Å². The summed E-state index contributed by atoms with van der Waals surface area (Å²) >= 11 is 0. The molecular weight excluding hydrogens is 368 g/mol. The van der Waals surface area contributed by atoms with Crippen molar-refractivity contribution in [2.75, 3.05) is 61.7 Å². The van der Waals surface area contributed by atoms with E-state index in [0.29, 0.717) is 26.4 Å². The van der Waals surface area contributed by atoms with Crippen molar-refractivity contribution in [1.29, 1.82) is 0 Å². The van der Waals surface area contributed by atoms with Crippen molar-refractivity contribution in [3.05, 3.63) is 48.5 Å². The van der Waals surface area contributed by atoms with E-state index in [1.54, 1.807) is 0 Å². The van der Waals surface area contributed by atoms with Gasteiger partial charge in [-0.3, -0.25) is 0 Å². The van der Waals surface area contributed by atoms with Gasteiger partial charge in [0.2, 0.25) is 0 Å². The topological polar surface area (TPSA) is 104 Å². The molecule has 0 aromatic heterocycles. The number of hydrogen-bond donors (Lipinski definition) is 4. The van der Waals surface area contributed by atoms with Crippen LogP contribution >= 0.6 is 0 Å². The zero-order valence-electron chi connectivity index (χ0n) is 17.2. The number of nitrogens with two attached hydrogens (primary N) is 2. The lowest BCUT2D eigenvalue weighted by atomic mass is 10.2. The minimum Gasteiger partial charge on any atom is -0.399 e. The van der Waals surface area contributed by atoms with Gasteiger partial charge in [0.05, 0.1) is 26.4 Å². The molecule has 1 atom stereocenters. The molecule has 160 valence electrons. The van der Waals surface area contributed by atoms with E-state index in [-0.39, 0.29) is 6.23 Å². The molecule has 0 aliphatic rings. The quantitative estimate of drug-likeness (QED) is 0.205. The highest BCUT2D eigenvalue weighted by atomic mass is 16.5. The Kier molecular flexibility index (Phi) is 10.7. The van der Waals surface area contributed by atoms with E-state index in [9.17, 15) is 0 Å². The Morgan fingerprint density at radius 1 is 0.759 bits per heavy atom. The molecule has 0 spiro atoms. The van der Waals surface area contributed by atoms with Gasteiger partial charge in [-0.15, -0.1) is 0 Å². The van der Waals surface area contributed by atoms with Crippen molar-refractivity contribution in [2.45, 2.75) is 26.0 Å². The Morgan fingerprint density at radius 2 is 1.31 bits per heavy atom. The third-order valence-corrected chi connectivity index (χ3v) is 4.15. The normalized spacial score (nSPS) is 11.9. The molecule has 7 heteroatoms. The number of benzene rings is 2. The number of nitrogens with one attached hydrogen (secondary N) is 2. The summed E-state index contributed by atoms with van der Waals surface area (Å²) in [4.78, 5) is 0. The van der Waals surface area contributed by atoms with E-state index in [0.717, 1.165) is 48.7 Å². The molecule has 0 radical (unpaired) electrons. The van der Waals surface area contributed by atoms with Gasteiger partial charge in [0, 0.05) is 42.3 Å². The van der Waals surface area contributed by atoms with Gasteiger partial charge in [-0.2, -0.15) is 0 Å². The second-order valence-corrected chi connectivity index (χ2v) is 6.69. The summed E-state index contributed by atoms with van der Waals surface area (Å²) in [6.45, 7) is 5.84. The van der Waals surface area contributed by atoms with Gasteiger partial charge in [0.25, 0.3) is 0 Å². The molecule has 0 aliphatic heterocycles. The Bertz CT molecular complexity index is 665. The van der Waals surface area contributed by atoms with Gasteiger partial charge >= 0.3 is 0 Å². The molecule has 0 saturated heterocycles. The fourth-order valence-corrected chi connectivity index (χ4v) is 2.63. The molecule has 0 saturated carbocycles. The second-order valence-electron chi connectivity index (χ2n) is 6.69. The number of rotatable bonds is 15. The summed E-state index contributed by atoms with van der Waals surface area (Å²) < 4.78 is 16.9. The predicted molar refractivity (Wildman–Crippen MR) is 120 cm³/mol. The molecule has 0 fully saturated rings. The maximum Gasteiger partial charge on any atom is 0.129 e. The molecule has 2 aromatic carbocycles. The summed E-state index contributed by atoms with van der Waals surface area (Å²) in [7, 11) is 0. The van der Waals surface area contributed by atoms with Crippen LogP contribution in [0.1, 0.15) is 19.8 Å². The molecule has 2 aromatic rings. The fraction of sp³-hybridized carbons (Fsp3) is 0.455. The summed E-state index contributed by atoms with van der Waals surface area (Å²) in [6, 6.07) is 15.3. The first-order chi connectivity index (χ1) is 14.2. The van der Waals surface area contributed by atoms with Crippen LogP contribution in [0.4, 0.5) is 22.7 Å². The van der Waals surface area contributed by atoms with Crippen LogP contribution in [-0.4, -0.2) is 45.8 Å². The highest BCUT2D eigenvalue weighted by Crippen LogP contribution is 2.15. The Labute approximate surface area is 173 Å². The summed E-state index contributed by atoms with van der Waals surface area (Å²) in [5.74, 6) is 0. The molecule has 0 amide bonds. The van der Waals surface area contributed by atoms with E-state index in [4.69, 9.17) is 25.7 Å². The lowest BCUT2D eigenvalue weighted by molar-refractivity contribution is -0.00467. The highest BCUT2D eigenvalue weighted by molar-refractivity contribution is 5.52. The average Bonchev–Trinajstić information content (AvgIpc) is 2.73. The molecule has 6 N–H and O–H groups in total. The van der Waals surface area contributed by atoms with E-state index in [1.807, 2.05) is 48.5 Å². The molecule has 2 rings (SSSR count). The first-order valence-electron chi connectivity index (χ1n) is 10.2. The number of hydrogen-bond acceptors (Lipinski definition) is 7. The summed E-state index contributed by atoms with van der Waals surface area (Å²) in [6.07, 6.45) is 1.64. The van der Waals surface area contributed by atoms with E-state index in [2.05, 4.69) is 17.6 Å². The lowest BCUT2D eigenvalue weighted by Crippen LogP contribution is -2.27. The van der Waals surface area contributed by atoms with Crippen LogP contribution in [0.15, 0.2) is 48.5 Å². The van der Waals surface area contributed by atoms with Crippen LogP contribution < -0.4 is 22.1 Å². The SMILES string of the molecule is CCCOCCOCCOC(CCNc1ccc(N)cc1)Nc1ccc(N)cc1. The molecule has 1 unspecified atom stereocenters. The fourth-order valence-electron chi connectivity index (χ4n) is 2.63. The Morgan fingerprint density at radius 3 is 1.93 bits per heavy atom. The third kappa shape index (κ3) is 10.0. The monoisotopic (exact) mass is 402 g/mol. The molecule has 7 nitrogen and oxygen atoms in total. The molecular formula is C22H34N4O3. The number of ether oxygens (including phenoxy) is 3. The van der Waals surface area contributed by atoms with Gasteiger partial charge in [0.1, 0.15) is 6.23 Å². The zero-order valence-corrected chi connectivity index (χ0v) is 17.2. The molecule has 0 heterocycles. The van der Waals surface area contributed by atoms with E-state index < -0.39 is 0 Å². The maximum absolute atomic E-state index is 5.99. The highest BCUT2D eigenvalue weighted by Gasteiger charge is 2.09. The largest absolute Gasteiger partial charge is 0.399 e. The predicted octanol–water partition coefficient (Wildman–Crippen LogP) is 3.55. The molecule has 29 heavy (non-hydrogen) atoms. The van der Waals surface area contributed by atoms with Crippen LogP contribution in [0, 0.1) is 0 Å². The smallest absolute Gasteiger partial charge is 0.129 e. The van der Waals surface area contributed by atoms with Crippen molar-refractivity contribution in [3.63, 3.8) is 0 Å². The van der Waals surface area contributed by atoms with Crippen LogP contribution in [-0.2, 0) is 14.2 Å². The van der Waals surface area contributed by atoms with Gasteiger partial charge in [-0.05, 0) is 55.0 Å². The van der Waals surface area contributed by atoms with E-state index >= 15 is 0 Å². The van der Waals surface area contributed by atoms with Crippen LogP contribution in [0.3, 0.4) is 0 Å². The van der Waals surface area contributed by atoms with Crippen LogP contribution in [0.2, 0.25) is 0 Å². The minimum absolute atomic E-state index is 0.153. The molecule has 0 bridgehead atoms. The Balaban J connectivity index is 1.74. The van der Waals surface area contributed by atoms with Gasteiger partial charge < -0.3 is 36.3 Å². The molecule has 0 aliphatic carbocycles. The first kappa shape index (κ1) is 22.8. The summed E-state index contributed by atoms with van der Waals surface area (Å²) in [5, 5.41) is 6.79. The first-order valence-corrected chi connectivity index (χ1v) is 10.2. The minimum atomic E-state index is -0.153. The van der Waals surface area contributed by atoms with Crippen LogP contribution in [0.5, 0.6) is 0 Å². The standard InChI is InChI=1S/C22H34N4O3/c1-2-13-27-14-15-28-16-17-29-22(26-21-9-5-19(24)6-10-21)11-12-25-20-7-3-18(23)4-8-20/h3-10,22,25-26H,2,11-17,23-24H2,1H3. The van der Waals surface area contributed by atoms with Crippen molar-refractivity contribution in [3.8, 4) is 0 Å². The number of nitrogen functional groups attached to an aromatic ring is 2. The van der Waals surface area contributed by atoms with Gasteiger partial charge in [0.15, 0.2) is 0 Å². The van der Waals surface area contributed by atoms with E-state index in [1.165, 1.54) is 0 Å². The van der Waals surface area contributed by atoms with Gasteiger partial charge in [-0.25, -0.2) is 0 Å². The Hall–Kier alpha value is -2.48. The van der Waals surface area contributed by atoms with Crippen molar-refractivity contribution in [2.24, 2.45) is 0 Å². The van der Waals surface area contributed by atoms with Crippen LogP contribution in [0.25, 0.3) is 0 Å². The zero-order chi connectivity index (χ0) is 20.7. The average molecular weight is 403 g/mol. The van der Waals surface area contributed by atoms with Crippen molar-refractivity contribution in [1.82, 2.24) is 0 Å². The lowest BCUT2D eigenvalue weighted by Gasteiger charge is -2.21. The number of anilines is 4. The van der Waals surface area contributed by atoms with Gasteiger partial charge in [-0.1, -0.05) is 6.92 Å². The maximum atomic E-state index is 5.99. The third-order valence-electron chi connectivity index (χ3n) is 4.15. The summed E-state index contributed by atoms with van der Waals surface area (Å²) in [5.41, 5.74) is 15.0. The van der Waals surface area contributed by atoms with Crippen molar-refractivity contribution >= 4 is 22.7 Å². The second kappa shape index (κ2) is 13.7.